The number of aliphatic hydroxyl groups is 1. The van der Waals surface area contributed by atoms with Gasteiger partial charge in [0, 0.05) is 22.7 Å². The van der Waals surface area contributed by atoms with E-state index in [9.17, 15) is 9.90 Å². The molecule has 5 nitrogen and oxygen atoms in total. The van der Waals surface area contributed by atoms with E-state index in [0.717, 1.165) is 10.6 Å². The van der Waals surface area contributed by atoms with Gasteiger partial charge in [-0.05, 0) is 37.6 Å². The summed E-state index contributed by atoms with van der Waals surface area (Å²) in [5.74, 6) is 0.211. The predicted octanol–water partition coefficient (Wildman–Crippen LogP) is 3.48. The number of hydrazone groups is 1. The van der Waals surface area contributed by atoms with Gasteiger partial charge in [0.15, 0.2) is 12.3 Å². The average Bonchev–Trinajstić information content (AvgIpc) is 2.90. The van der Waals surface area contributed by atoms with Crippen LogP contribution in [0.1, 0.15) is 24.5 Å². The Morgan fingerprint density at radius 1 is 1.24 bits per heavy atom. The third-order valence-electron chi connectivity index (χ3n) is 4.11. The van der Waals surface area contributed by atoms with E-state index in [2.05, 4.69) is 5.10 Å². The fraction of sp³-hybridized carbons (Fsp3) is 0.263. The van der Waals surface area contributed by atoms with Crippen LogP contribution in [0.3, 0.4) is 0 Å². The Bertz CT molecular complexity index is 820. The molecule has 3 rings (SSSR count). The number of halogens is 1. The highest BCUT2D eigenvalue weighted by Crippen LogP contribution is 2.35. The molecule has 1 N–H and O–H groups in total. The van der Waals surface area contributed by atoms with Gasteiger partial charge in [0.2, 0.25) is 0 Å². The standard InChI is InChI=1S/C19H19ClN2O3/c1-13-5-3-4-6-17(13)25-12-18(23)22-19(24,11-14(2)21-22)15-7-9-16(20)10-8-15/h3-10,24H,11-12H2,1-2H3/t19-/m1/s1. The Morgan fingerprint density at radius 3 is 2.60 bits per heavy atom. The van der Waals surface area contributed by atoms with Gasteiger partial charge in [0.05, 0.1) is 0 Å². The van der Waals surface area contributed by atoms with Crippen molar-refractivity contribution in [1.82, 2.24) is 5.01 Å². The number of nitrogens with zero attached hydrogens (tertiary/aromatic N) is 2. The van der Waals surface area contributed by atoms with Crippen molar-refractivity contribution in [1.29, 1.82) is 0 Å². The highest BCUT2D eigenvalue weighted by Gasteiger charge is 2.44. The number of carbonyl (C=O) groups is 1. The highest BCUT2D eigenvalue weighted by molar-refractivity contribution is 6.30. The van der Waals surface area contributed by atoms with Gasteiger partial charge < -0.3 is 9.84 Å². The van der Waals surface area contributed by atoms with Crippen LogP contribution < -0.4 is 4.74 Å². The topological polar surface area (TPSA) is 62.1 Å². The van der Waals surface area contributed by atoms with Crippen molar-refractivity contribution < 1.29 is 14.6 Å². The summed E-state index contributed by atoms with van der Waals surface area (Å²) < 4.78 is 5.60. The number of rotatable bonds is 4. The summed E-state index contributed by atoms with van der Waals surface area (Å²) in [7, 11) is 0. The van der Waals surface area contributed by atoms with Crippen molar-refractivity contribution >= 4 is 23.2 Å². The second-order valence-corrected chi connectivity index (χ2v) is 6.53. The summed E-state index contributed by atoms with van der Waals surface area (Å²) in [5.41, 5.74) is 0.633. The van der Waals surface area contributed by atoms with Gasteiger partial charge in [0.25, 0.3) is 5.91 Å². The SMILES string of the molecule is CC1=NN(C(=O)COc2ccccc2C)[C@](O)(c2ccc(Cl)cc2)C1. The van der Waals surface area contributed by atoms with Gasteiger partial charge in [-0.15, -0.1) is 0 Å². The first-order valence-electron chi connectivity index (χ1n) is 7.94. The molecule has 0 saturated carbocycles. The normalized spacial score (nSPS) is 19.7. The lowest BCUT2D eigenvalue weighted by molar-refractivity contribution is -0.159. The van der Waals surface area contributed by atoms with Gasteiger partial charge in [-0.25, -0.2) is 0 Å². The lowest BCUT2D eigenvalue weighted by Crippen LogP contribution is -2.45. The molecule has 0 aromatic heterocycles. The zero-order valence-corrected chi connectivity index (χ0v) is 14.8. The quantitative estimate of drug-likeness (QED) is 0.910. The molecule has 0 spiro atoms. The molecule has 130 valence electrons. The number of ether oxygens (including phenoxy) is 1. The number of aryl methyl sites for hydroxylation is 1. The maximum Gasteiger partial charge on any atom is 0.283 e. The minimum atomic E-state index is -1.53. The Morgan fingerprint density at radius 2 is 1.92 bits per heavy atom. The lowest BCUT2D eigenvalue weighted by atomic mass is 9.98. The van der Waals surface area contributed by atoms with Crippen LogP contribution in [0.15, 0.2) is 53.6 Å². The fourth-order valence-electron chi connectivity index (χ4n) is 2.84. The van der Waals surface area contributed by atoms with Crippen molar-refractivity contribution in [2.45, 2.75) is 26.0 Å². The third-order valence-corrected chi connectivity index (χ3v) is 4.36. The molecular weight excluding hydrogens is 340 g/mol. The van der Waals surface area contributed by atoms with E-state index >= 15 is 0 Å². The number of amides is 1. The summed E-state index contributed by atoms with van der Waals surface area (Å²) >= 11 is 5.91. The van der Waals surface area contributed by atoms with Crippen molar-refractivity contribution in [3.63, 3.8) is 0 Å². The van der Waals surface area contributed by atoms with Crippen LogP contribution in [0.5, 0.6) is 5.75 Å². The van der Waals surface area contributed by atoms with Crippen LogP contribution >= 0.6 is 11.6 Å². The van der Waals surface area contributed by atoms with Crippen molar-refractivity contribution in [2.75, 3.05) is 6.61 Å². The largest absolute Gasteiger partial charge is 0.483 e. The molecule has 1 aliphatic heterocycles. The molecule has 2 aromatic carbocycles. The number of hydrogen-bond acceptors (Lipinski definition) is 4. The summed E-state index contributed by atoms with van der Waals surface area (Å²) in [5, 5.41) is 17.0. The van der Waals surface area contributed by atoms with E-state index in [1.165, 1.54) is 0 Å². The molecule has 1 aliphatic rings. The maximum absolute atomic E-state index is 12.6. The molecule has 25 heavy (non-hydrogen) atoms. The van der Waals surface area contributed by atoms with Gasteiger partial charge in [-0.2, -0.15) is 10.1 Å². The number of hydrogen-bond donors (Lipinski definition) is 1. The zero-order chi connectivity index (χ0) is 18.0. The molecule has 1 amide bonds. The second kappa shape index (κ2) is 6.86. The Hall–Kier alpha value is -2.37. The van der Waals surface area contributed by atoms with Gasteiger partial charge in [-0.3, -0.25) is 4.79 Å². The molecular formula is C19H19ClN2O3. The van der Waals surface area contributed by atoms with E-state index in [4.69, 9.17) is 16.3 Å². The monoisotopic (exact) mass is 358 g/mol. The molecule has 0 bridgehead atoms. The first-order chi connectivity index (χ1) is 11.9. The average molecular weight is 359 g/mol. The lowest BCUT2D eigenvalue weighted by Gasteiger charge is -2.31. The predicted molar refractivity (Wildman–Crippen MR) is 96.6 cm³/mol. The van der Waals surface area contributed by atoms with Crippen LogP contribution in [0.4, 0.5) is 0 Å². The maximum atomic E-state index is 12.6. The van der Waals surface area contributed by atoms with Crippen molar-refractivity contribution in [3.05, 3.63) is 64.7 Å². The Kier molecular flexibility index (Phi) is 4.79. The van der Waals surface area contributed by atoms with Gasteiger partial charge >= 0.3 is 0 Å². The summed E-state index contributed by atoms with van der Waals surface area (Å²) in [6.45, 7) is 3.47. The smallest absolute Gasteiger partial charge is 0.283 e. The van der Waals surface area contributed by atoms with E-state index in [0.29, 0.717) is 22.0 Å². The molecule has 0 radical (unpaired) electrons. The third kappa shape index (κ3) is 3.52. The minimum absolute atomic E-state index is 0.211. The first kappa shape index (κ1) is 17.5. The second-order valence-electron chi connectivity index (χ2n) is 6.10. The fourth-order valence-corrected chi connectivity index (χ4v) is 2.97. The Balaban J connectivity index is 1.79. The zero-order valence-electron chi connectivity index (χ0n) is 14.1. The van der Waals surface area contributed by atoms with E-state index in [-0.39, 0.29) is 13.0 Å². The molecule has 2 aromatic rings. The number of para-hydroxylation sites is 1. The van der Waals surface area contributed by atoms with E-state index in [1.807, 2.05) is 25.1 Å². The van der Waals surface area contributed by atoms with Crippen LogP contribution in [0, 0.1) is 6.92 Å². The molecule has 0 aliphatic carbocycles. The molecule has 1 atom stereocenters. The van der Waals surface area contributed by atoms with Crippen LogP contribution in [0.2, 0.25) is 5.02 Å². The van der Waals surface area contributed by atoms with Gasteiger partial charge in [0.1, 0.15) is 5.75 Å². The molecule has 6 heteroatoms. The molecule has 0 unspecified atom stereocenters. The van der Waals surface area contributed by atoms with Crippen LogP contribution in [0.25, 0.3) is 0 Å². The molecule has 0 fully saturated rings. The summed E-state index contributed by atoms with van der Waals surface area (Å²) in [6, 6.07) is 14.2. The highest BCUT2D eigenvalue weighted by atomic mass is 35.5. The molecule has 0 saturated heterocycles. The van der Waals surface area contributed by atoms with Crippen LogP contribution in [-0.4, -0.2) is 28.3 Å². The summed E-state index contributed by atoms with van der Waals surface area (Å²) in [6.07, 6.45) is 0.241. The first-order valence-corrected chi connectivity index (χ1v) is 8.32. The van der Waals surface area contributed by atoms with Gasteiger partial charge in [-0.1, -0.05) is 41.9 Å². The van der Waals surface area contributed by atoms with Crippen molar-refractivity contribution in [2.24, 2.45) is 5.10 Å². The minimum Gasteiger partial charge on any atom is -0.483 e. The summed E-state index contributed by atoms with van der Waals surface area (Å²) in [4.78, 5) is 12.6. The van der Waals surface area contributed by atoms with E-state index < -0.39 is 11.6 Å². The molecule has 1 heterocycles. The van der Waals surface area contributed by atoms with Crippen molar-refractivity contribution in [3.8, 4) is 5.75 Å². The Labute approximate surface area is 151 Å². The van der Waals surface area contributed by atoms with Crippen LogP contribution in [-0.2, 0) is 10.5 Å². The number of carbonyl (C=O) groups excluding carboxylic acids is 1. The van der Waals surface area contributed by atoms with E-state index in [1.54, 1.807) is 37.3 Å². The number of benzene rings is 2.